The van der Waals surface area contributed by atoms with Crippen LogP contribution >= 0.6 is 15.9 Å². The quantitative estimate of drug-likeness (QED) is 0.792. The fourth-order valence-corrected chi connectivity index (χ4v) is 3.24. The van der Waals surface area contributed by atoms with E-state index in [1.807, 2.05) is 22.8 Å². The van der Waals surface area contributed by atoms with Gasteiger partial charge in [-0.2, -0.15) is 0 Å². The van der Waals surface area contributed by atoms with Crippen molar-refractivity contribution in [2.24, 2.45) is 0 Å². The number of aryl methyl sites for hydroxylation is 1. The maximum absolute atomic E-state index is 12.8. The van der Waals surface area contributed by atoms with E-state index in [2.05, 4.69) is 35.0 Å². The third-order valence-electron chi connectivity index (χ3n) is 4.04. The number of rotatable bonds is 4. The van der Waals surface area contributed by atoms with Gasteiger partial charge in [-0.1, -0.05) is 53.2 Å². The molecule has 0 aliphatic heterocycles. The molecule has 0 saturated carbocycles. The second-order valence-corrected chi connectivity index (χ2v) is 6.61. The van der Waals surface area contributed by atoms with Gasteiger partial charge >= 0.3 is 0 Å². The van der Waals surface area contributed by atoms with Crippen LogP contribution in [0.2, 0.25) is 0 Å². The van der Waals surface area contributed by atoms with Gasteiger partial charge in [0.25, 0.3) is 5.56 Å². The maximum Gasteiger partial charge on any atom is 0.257 e. The molecule has 110 valence electrons. The van der Waals surface area contributed by atoms with Gasteiger partial charge in [0.05, 0.1) is 17.1 Å². The summed E-state index contributed by atoms with van der Waals surface area (Å²) in [5.41, 5.74) is 3.22. The zero-order valence-electron chi connectivity index (χ0n) is 12.2. The van der Waals surface area contributed by atoms with Crippen LogP contribution in [0.5, 0.6) is 0 Å². The van der Waals surface area contributed by atoms with Gasteiger partial charge < -0.3 is 0 Å². The molecule has 0 N–H and O–H groups in total. The Labute approximate surface area is 133 Å². The first-order chi connectivity index (χ1) is 10.2. The molecule has 0 radical (unpaired) electrons. The van der Waals surface area contributed by atoms with Crippen molar-refractivity contribution in [2.45, 2.75) is 44.0 Å². The summed E-state index contributed by atoms with van der Waals surface area (Å²) >= 11 is 3.67. The minimum atomic E-state index is 0.125. The third-order valence-corrected chi connectivity index (χ3v) is 5.10. The summed E-state index contributed by atoms with van der Waals surface area (Å²) in [6, 6.07) is 10.1. The van der Waals surface area contributed by atoms with Crippen LogP contribution in [-0.4, -0.2) is 9.55 Å². The van der Waals surface area contributed by atoms with Crippen LogP contribution in [0.15, 0.2) is 35.1 Å². The maximum atomic E-state index is 12.8. The molecule has 1 aromatic carbocycles. The molecule has 0 amide bonds. The molecule has 0 bridgehead atoms. The van der Waals surface area contributed by atoms with Gasteiger partial charge in [-0.15, -0.1) is 0 Å². The second-order valence-electron chi connectivity index (χ2n) is 5.50. The fraction of sp³-hybridized carbons (Fsp3) is 0.412. The zero-order valence-corrected chi connectivity index (χ0v) is 13.8. The lowest BCUT2D eigenvalue weighted by molar-refractivity contribution is 0.640. The Morgan fingerprint density at radius 1 is 1.29 bits per heavy atom. The molecule has 1 unspecified atom stereocenters. The highest BCUT2D eigenvalue weighted by Crippen LogP contribution is 2.26. The molecule has 0 saturated heterocycles. The Kier molecular flexibility index (Phi) is 4.24. The molecule has 1 heterocycles. The number of alkyl halides is 1. The first-order valence-electron chi connectivity index (χ1n) is 7.51. The Morgan fingerprint density at radius 3 is 2.76 bits per heavy atom. The topological polar surface area (TPSA) is 34.9 Å². The van der Waals surface area contributed by atoms with E-state index in [1.165, 1.54) is 0 Å². The van der Waals surface area contributed by atoms with Crippen LogP contribution in [-0.2, 0) is 19.4 Å². The Hall–Kier alpha value is -1.42. The van der Waals surface area contributed by atoms with E-state index in [-0.39, 0.29) is 10.4 Å². The standard InChI is InChI=1S/C17H19BrN2O/c1-2-14(18)16-19-15-10-6-9-13(15)17(21)20(16)11-12-7-4-3-5-8-12/h3-5,7-8,14H,2,6,9-11H2,1H3. The van der Waals surface area contributed by atoms with Crippen molar-refractivity contribution in [1.29, 1.82) is 0 Å². The van der Waals surface area contributed by atoms with E-state index in [9.17, 15) is 4.79 Å². The smallest absolute Gasteiger partial charge is 0.257 e. The minimum Gasteiger partial charge on any atom is -0.291 e. The molecule has 3 rings (SSSR count). The summed E-state index contributed by atoms with van der Waals surface area (Å²) in [4.78, 5) is 17.7. The zero-order chi connectivity index (χ0) is 14.8. The molecule has 1 atom stereocenters. The molecule has 1 aromatic heterocycles. The molecule has 1 aliphatic carbocycles. The number of fused-ring (bicyclic) bond motifs is 1. The summed E-state index contributed by atoms with van der Waals surface area (Å²) < 4.78 is 1.85. The lowest BCUT2D eigenvalue weighted by Gasteiger charge is -2.17. The van der Waals surface area contributed by atoms with E-state index >= 15 is 0 Å². The van der Waals surface area contributed by atoms with Gasteiger partial charge in [0.1, 0.15) is 5.82 Å². The Bertz CT molecular complexity index is 694. The van der Waals surface area contributed by atoms with E-state index in [4.69, 9.17) is 4.98 Å². The van der Waals surface area contributed by atoms with Crippen molar-refractivity contribution in [1.82, 2.24) is 9.55 Å². The van der Waals surface area contributed by atoms with Crippen LogP contribution < -0.4 is 5.56 Å². The van der Waals surface area contributed by atoms with Gasteiger partial charge in [-0.25, -0.2) is 4.98 Å². The predicted molar refractivity (Wildman–Crippen MR) is 88.0 cm³/mol. The second kappa shape index (κ2) is 6.14. The van der Waals surface area contributed by atoms with Gasteiger partial charge in [0, 0.05) is 5.56 Å². The van der Waals surface area contributed by atoms with E-state index in [0.29, 0.717) is 6.54 Å². The Balaban J connectivity index is 2.11. The number of benzene rings is 1. The largest absolute Gasteiger partial charge is 0.291 e. The average Bonchev–Trinajstić information content (AvgIpc) is 2.99. The molecule has 3 nitrogen and oxygen atoms in total. The van der Waals surface area contributed by atoms with Crippen LogP contribution in [0.1, 0.15) is 47.2 Å². The highest BCUT2D eigenvalue weighted by Gasteiger charge is 2.23. The SMILES string of the molecule is CCC(Br)c1nc2c(c(=O)n1Cc1ccccc1)CCC2. The summed E-state index contributed by atoms with van der Waals surface area (Å²) in [6.45, 7) is 2.70. The van der Waals surface area contributed by atoms with Gasteiger partial charge in [0.2, 0.25) is 0 Å². The normalized spacial score (nSPS) is 15.0. The van der Waals surface area contributed by atoms with E-state index in [1.54, 1.807) is 0 Å². The fourth-order valence-electron chi connectivity index (χ4n) is 2.89. The van der Waals surface area contributed by atoms with Gasteiger partial charge in [-0.05, 0) is 31.2 Å². The average molecular weight is 347 g/mol. The predicted octanol–water partition coefficient (Wildman–Crippen LogP) is 3.63. The first kappa shape index (κ1) is 14.5. The molecular weight excluding hydrogens is 328 g/mol. The van der Waals surface area contributed by atoms with Crippen molar-refractivity contribution >= 4 is 15.9 Å². The Morgan fingerprint density at radius 2 is 2.05 bits per heavy atom. The highest BCUT2D eigenvalue weighted by molar-refractivity contribution is 9.09. The summed E-state index contributed by atoms with van der Waals surface area (Å²) in [7, 11) is 0. The van der Waals surface area contributed by atoms with Crippen molar-refractivity contribution in [2.75, 3.05) is 0 Å². The number of halogens is 1. The molecule has 0 spiro atoms. The molecule has 0 fully saturated rings. The first-order valence-corrected chi connectivity index (χ1v) is 8.42. The van der Waals surface area contributed by atoms with Gasteiger partial charge in [-0.3, -0.25) is 9.36 Å². The van der Waals surface area contributed by atoms with E-state index < -0.39 is 0 Å². The highest BCUT2D eigenvalue weighted by atomic mass is 79.9. The van der Waals surface area contributed by atoms with Crippen LogP contribution in [0.3, 0.4) is 0 Å². The van der Waals surface area contributed by atoms with Crippen molar-refractivity contribution in [3.63, 3.8) is 0 Å². The number of nitrogens with zero attached hydrogens (tertiary/aromatic N) is 2. The summed E-state index contributed by atoms with van der Waals surface area (Å²) in [5, 5.41) is 0. The van der Waals surface area contributed by atoms with Crippen LogP contribution in [0, 0.1) is 0 Å². The summed E-state index contributed by atoms with van der Waals surface area (Å²) in [5.74, 6) is 0.868. The van der Waals surface area contributed by atoms with E-state index in [0.717, 1.165) is 48.3 Å². The lowest BCUT2D eigenvalue weighted by Crippen LogP contribution is -2.29. The number of hydrogen-bond donors (Lipinski definition) is 0. The van der Waals surface area contributed by atoms with Crippen molar-refractivity contribution < 1.29 is 0 Å². The molecule has 21 heavy (non-hydrogen) atoms. The molecular formula is C17H19BrN2O. The minimum absolute atomic E-state index is 0.125. The lowest BCUT2D eigenvalue weighted by atomic mass is 10.2. The third kappa shape index (κ3) is 2.82. The monoisotopic (exact) mass is 346 g/mol. The van der Waals surface area contributed by atoms with Gasteiger partial charge in [0.15, 0.2) is 0 Å². The number of hydrogen-bond acceptors (Lipinski definition) is 2. The van der Waals surface area contributed by atoms with Crippen LogP contribution in [0.25, 0.3) is 0 Å². The number of aromatic nitrogens is 2. The molecule has 1 aliphatic rings. The molecule has 2 aromatic rings. The van der Waals surface area contributed by atoms with Crippen molar-refractivity contribution in [3.8, 4) is 0 Å². The molecule has 4 heteroatoms. The van der Waals surface area contributed by atoms with Crippen molar-refractivity contribution in [3.05, 3.63) is 63.3 Å². The van der Waals surface area contributed by atoms with Crippen LogP contribution in [0.4, 0.5) is 0 Å². The summed E-state index contributed by atoms with van der Waals surface area (Å²) in [6.07, 6.45) is 3.77.